The van der Waals surface area contributed by atoms with Crippen molar-refractivity contribution in [1.29, 1.82) is 0 Å². The smallest absolute Gasteiger partial charge is 0.346 e. The number of carbonyl (C=O) groups excluding carboxylic acids is 1. The first-order valence-corrected chi connectivity index (χ1v) is 11.8. The summed E-state index contributed by atoms with van der Waals surface area (Å²) in [6, 6.07) is 7.29. The van der Waals surface area contributed by atoms with E-state index in [0.29, 0.717) is 11.8 Å². The second kappa shape index (κ2) is 11.5. The van der Waals surface area contributed by atoms with Gasteiger partial charge in [0.05, 0.1) is 5.56 Å². The number of halogens is 3. The molecule has 0 spiro atoms. The highest BCUT2D eigenvalue weighted by Crippen LogP contribution is 2.37. The molecule has 0 saturated heterocycles. The number of ether oxygens (including phenoxy) is 1. The lowest BCUT2D eigenvalue weighted by atomic mass is 9.73. The van der Waals surface area contributed by atoms with Gasteiger partial charge >= 0.3 is 5.97 Å². The lowest BCUT2D eigenvalue weighted by Crippen LogP contribution is -2.21. The number of carbonyl (C=O) groups is 1. The van der Waals surface area contributed by atoms with Crippen LogP contribution in [0.15, 0.2) is 36.4 Å². The maximum atomic E-state index is 14.6. The van der Waals surface area contributed by atoms with Crippen LogP contribution in [0.4, 0.5) is 13.2 Å². The van der Waals surface area contributed by atoms with Crippen molar-refractivity contribution in [3.8, 4) is 5.75 Å². The van der Waals surface area contributed by atoms with E-state index < -0.39 is 23.4 Å². The van der Waals surface area contributed by atoms with Crippen LogP contribution in [-0.4, -0.2) is 5.97 Å². The van der Waals surface area contributed by atoms with Crippen molar-refractivity contribution in [3.63, 3.8) is 0 Å². The van der Waals surface area contributed by atoms with Gasteiger partial charge in [-0.3, -0.25) is 0 Å². The largest absolute Gasteiger partial charge is 0.423 e. The second-order valence-corrected chi connectivity index (χ2v) is 9.24. The minimum atomic E-state index is -1.13. The molecular weight excluding hydrogens is 413 g/mol. The zero-order valence-corrected chi connectivity index (χ0v) is 19.0. The third-order valence-corrected chi connectivity index (χ3v) is 6.82. The van der Waals surface area contributed by atoms with Gasteiger partial charge in [0.25, 0.3) is 0 Å². The Hall–Kier alpha value is -2.30. The van der Waals surface area contributed by atoms with E-state index in [1.54, 1.807) is 6.07 Å². The van der Waals surface area contributed by atoms with E-state index in [1.165, 1.54) is 63.5 Å². The standard InChI is InChI=1S/C27H33F3O2/c1-3-4-5-6-19-7-10-21(11-8-19)18(2)15-20-9-13-23(25(29)16-20)27(31)32-22-12-14-24(28)26(30)17-22/h9,12-14,16-19,21H,3-8,10-11,15H2,1-2H3. The zero-order chi connectivity index (χ0) is 23.1. The van der Waals surface area contributed by atoms with Crippen molar-refractivity contribution < 1.29 is 22.7 Å². The van der Waals surface area contributed by atoms with Crippen LogP contribution in [0.2, 0.25) is 0 Å². The quantitative estimate of drug-likeness (QED) is 0.222. The Morgan fingerprint density at radius 3 is 2.38 bits per heavy atom. The van der Waals surface area contributed by atoms with E-state index in [4.69, 9.17) is 4.74 Å². The van der Waals surface area contributed by atoms with Gasteiger partial charge in [-0.05, 0) is 66.8 Å². The van der Waals surface area contributed by atoms with Gasteiger partial charge in [-0.2, -0.15) is 0 Å². The van der Waals surface area contributed by atoms with Crippen LogP contribution in [-0.2, 0) is 6.42 Å². The Bertz CT molecular complexity index is 904. The fourth-order valence-corrected chi connectivity index (χ4v) is 4.82. The summed E-state index contributed by atoms with van der Waals surface area (Å²) in [4.78, 5) is 12.3. The van der Waals surface area contributed by atoms with Crippen molar-refractivity contribution in [1.82, 2.24) is 0 Å². The fourth-order valence-electron chi connectivity index (χ4n) is 4.82. The molecule has 1 aliphatic carbocycles. The predicted octanol–water partition coefficient (Wildman–Crippen LogP) is 7.89. The van der Waals surface area contributed by atoms with Crippen molar-refractivity contribution in [2.24, 2.45) is 17.8 Å². The molecule has 0 heterocycles. The molecule has 2 nitrogen and oxygen atoms in total. The van der Waals surface area contributed by atoms with Crippen molar-refractivity contribution in [2.75, 3.05) is 0 Å². The topological polar surface area (TPSA) is 26.3 Å². The summed E-state index contributed by atoms with van der Waals surface area (Å²) >= 11 is 0. The van der Waals surface area contributed by atoms with Crippen LogP contribution in [0.3, 0.4) is 0 Å². The Morgan fingerprint density at radius 1 is 0.969 bits per heavy atom. The van der Waals surface area contributed by atoms with E-state index in [1.807, 2.05) is 0 Å². The number of benzene rings is 2. The van der Waals surface area contributed by atoms with Crippen molar-refractivity contribution >= 4 is 5.97 Å². The van der Waals surface area contributed by atoms with Crippen molar-refractivity contribution in [3.05, 3.63) is 65.0 Å². The minimum Gasteiger partial charge on any atom is -0.423 e. The van der Waals surface area contributed by atoms with Gasteiger partial charge in [0.1, 0.15) is 11.6 Å². The SMILES string of the molecule is CCCCCC1CCC(C(C)Cc2ccc(C(=O)Oc3ccc(F)c(F)c3)c(F)c2)CC1. The molecule has 2 aromatic rings. The molecule has 0 N–H and O–H groups in total. The third kappa shape index (κ3) is 6.60. The average Bonchev–Trinajstić information content (AvgIpc) is 2.77. The van der Waals surface area contributed by atoms with Gasteiger partial charge in [-0.1, -0.05) is 58.4 Å². The molecule has 174 valence electrons. The highest BCUT2D eigenvalue weighted by molar-refractivity contribution is 5.91. The molecule has 0 radical (unpaired) electrons. The molecule has 0 aromatic heterocycles. The van der Waals surface area contributed by atoms with Crippen LogP contribution >= 0.6 is 0 Å². The molecule has 1 atom stereocenters. The number of hydrogen-bond acceptors (Lipinski definition) is 2. The number of unbranched alkanes of at least 4 members (excludes halogenated alkanes) is 2. The van der Waals surface area contributed by atoms with Gasteiger partial charge in [-0.25, -0.2) is 18.0 Å². The molecule has 32 heavy (non-hydrogen) atoms. The maximum absolute atomic E-state index is 14.6. The molecule has 3 rings (SSSR count). The Kier molecular flexibility index (Phi) is 8.77. The first-order chi connectivity index (χ1) is 15.4. The molecule has 0 aliphatic heterocycles. The molecule has 1 fully saturated rings. The van der Waals surface area contributed by atoms with Gasteiger partial charge in [0.2, 0.25) is 0 Å². The summed E-state index contributed by atoms with van der Waals surface area (Å²) in [6.45, 7) is 4.47. The van der Waals surface area contributed by atoms with Crippen LogP contribution in [0.1, 0.15) is 81.1 Å². The Labute approximate surface area is 189 Å². The van der Waals surface area contributed by atoms with E-state index in [0.717, 1.165) is 36.1 Å². The lowest BCUT2D eigenvalue weighted by Gasteiger charge is -2.32. The normalized spacial score (nSPS) is 19.5. The highest BCUT2D eigenvalue weighted by Gasteiger charge is 2.25. The van der Waals surface area contributed by atoms with Crippen LogP contribution in [0.25, 0.3) is 0 Å². The number of rotatable bonds is 9. The Morgan fingerprint density at radius 2 is 1.72 bits per heavy atom. The first-order valence-electron chi connectivity index (χ1n) is 11.8. The van der Waals surface area contributed by atoms with Gasteiger partial charge < -0.3 is 4.74 Å². The van der Waals surface area contributed by atoms with Gasteiger partial charge in [-0.15, -0.1) is 0 Å². The highest BCUT2D eigenvalue weighted by atomic mass is 19.2. The van der Waals surface area contributed by atoms with Gasteiger partial charge in [0.15, 0.2) is 11.6 Å². The van der Waals surface area contributed by atoms with E-state index >= 15 is 0 Å². The second-order valence-electron chi connectivity index (χ2n) is 9.24. The predicted molar refractivity (Wildman–Crippen MR) is 120 cm³/mol. The van der Waals surface area contributed by atoms with Gasteiger partial charge in [0, 0.05) is 6.07 Å². The molecule has 0 amide bonds. The molecule has 1 unspecified atom stereocenters. The molecule has 2 aromatic carbocycles. The number of hydrogen-bond donors (Lipinski definition) is 0. The first kappa shape index (κ1) is 24.3. The summed E-state index contributed by atoms with van der Waals surface area (Å²) in [5, 5.41) is 0. The zero-order valence-electron chi connectivity index (χ0n) is 19.0. The van der Waals surface area contributed by atoms with Crippen LogP contribution in [0, 0.1) is 35.2 Å². The summed E-state index contributed by atoms with van der Waals surface area (Å²) in [6.07, 6.45) is 11.1. The van der Waals surface area contributed by atoms with E-state index in [-0.39, 0.29) is 11.3 Å². The maximum Gasteiger partial charge on any atom is 0.346 e. The monoisotopic (exact) mass is 446 g/mol. The fraction of sp³-hybridized carbons (Fsp3) is 0.519. The molecule has 5 heteroatoms. The number of esters is 1. The summed E-state index contributed by atoms with van der Waals surface area (Å²) in [7, 11) is 0. The molecule has 1 saturated carbocycles. The van der Waals surface area contributed by atoms with Crippen LogP contribution in [0.5, 0.6) is 5.75 Å². The Balaban J connectivity index is 1.53. The average molecular weight is 447 g/mol. The molecule has 1 aliphatic rings. The molecular formula is C27H33F3O2. The minimum absolute atomic E-state index is 0.170. The van der Waals surface area contributed by atoms with Crippen molar-refractivity contribution in [2.45, 2.75) is 71.6 Å². The lowest BCUT2D eigenvalue weighted by molar-refractivity contribution is 0.0729. The summed E-state index contributed by atoms with van der Waals surface area (Å²) in [5.74, 6) is -1.98. The third-order valence-electron chi connectivity index (χ3n) is 6.82. The summed E-state index contributed by atoms with van der Waals surface area (Å²) < 4.78 is 45.9. The van der Waals surface area contributed by atoms with Crippen LogP contribution < -0.4 is 4.74 Å². The van der Waals surface area contributed by atoms with E-state index in [2.05, 4.69) is 13.8 Å². The van der Waals surface area contributed by atoms with E-state index in [9.17, 15) is 18.0 Å². The summed E-state index contributed by atoms with van der Waals surface area (Å²) in [5.41, 5.74) is 0.628. The molecule has 0 bridgehead atoms.